The minimum absolute atomic E-state index is 0.0324. The van der Waals surface area contributed by atoms with Gasteiger partial charge >= 0.3 is 12.0 Å². The van der Waals surface area contributed by atoms with Crippen LogP contribution in [-0.2, 0) is 9.59 Å². The summed E-state index contributed by atoms with van der Waals surface area (Å²) in [7, 11) is 0. The lowest BCUT2D eigenvalue weighted by atomic mass is 10.0. The normalized spacial score (nSPS) is 12.4. The van der Waals surface area contributed by atoms with Crippen molar-refractivity contribution in [1.82, 2.24) is 10.6 Å². The summed E-state index contributed by atoms with van der Waals surface area (Å²) in [5.74, 6) is -1.37. The van der Waals surface area contributed by atoms with Crippen LogP contribution in [0.5, 0.6) is 0 Å². The average Bonchev–Trinajstić information content (AvgIpc) is 2.25. The highest BCUT2D eigenvalue weighted by atomic mass is 16.4. The fourth-order valence-corrected chi connectivity index (χ4v) is 1.46. The van der Waals surface area contributed by atoms with E-state index in [1.807, 2.05) is 12.2 Å². The zero-order valence-electron chi connectivity index (χ0n) is 11.6. The second-order valence-corrected chi connectivity index (χ2v) is 4.86. The summed E-state index contributed by atoms with van der Waals surface area (Å²) in [6.45, 7) is 6.13. The van der Waals surface area contributed by atoms with Crippen molar-refractivity contribution >= 4 is 17.9 Å². The standard InChI is InChI=1S/C13H22N2O4/c1-9(2)5-4-6-10(3)14-13(19)15-11(16)7-8-12(17)18/h7-10H,4-6H2,1-3H3,(H,17,18)(H2,14,15,16,19)/b8-7+. The molecule has 6 nitrogen and oxygen atoms in total. The molecule has 6 heteroatoms. The van der Waals surface area contributed by atoms with Crippen LogP contribution in [-0.4, -0.2) is 29.1 Å². The molecule has 0 rings (SSSR count). The van der Waals surface area contributed by atoms with Gasteiger partial charge in [0, 0.05) is 18.2 Å². The number of hydrogen-bond donors (Lipinski definition) is 3. The van der Waals surface area contributed by atoms with E-state index < -0.39 is 17.9 Å². The number of nitrogens with one attached hydrogen (secondary N) is 2. The first-order chi connectivity index (χ1) is 8.81. The molecule has 0 aliphatic heterocycles. The number of hydrogen-bond acceptors (Lipinski definition) is 3. The Morgan fingerprint density at radius 3 is 2.26 bits per heavy atom. The molecule has 0 bridgehead atoms. The molecule has 0 spiro atoms. The Hall–Kier alpha value is -1.85. The van der Waals surface area contributed by atoms with Crippen molar-refractivity contribution in [3.8, 4) is 0 Å². The van der Waals surface area contributed by atoms with E-state index in [4.69, 9.17) is 5.11 Å². The van der Waals surface area contributed by atoms with Gasteiger partial charge in [-0.25, -0.2) is 9.59 Å². The number of amides is 3. The second-order valence-electron chi connectivity index (χ2n) is 4.86. The Bertz CT molecular complexity index is 351. The minimum Gasteiger partial charge on any atom is -0.478 e. The molecular weight excluding hydrogens is 248 g/mol. The van der Waals surface area contributed by atoms with Crippen molar-refractivity contribution in [3.05, 3.63) is 12.2 Å². The quantitative estimate of drug-likeness (QED) is 0.613. The van der Waals surface area contributed by atoms with Gasteiger partial charge in [-0.2, -0.15) is 0 Å². The maximum atomic E-state index is 11.4. The van der Waals surface area contributed by atoms with E-state index in [1.54, 1.807) is 0 Å². The monoisotopic (exact) mass is 270 g/mol. The lowest BCUT2D eigenvalue weighted by molar-refractivity contribution is -0.131. The van der Waals surface area contributed by atoms with Crippen LogP contribution in [0.4, 0.5) is 4.79 Å². The Morgan fingerprint density at radius 1 is 1.11 bits per heavy atom. The molecule has 0 heterocycles. The third-order valence-corrected chi connectivity index (χ3v) is 2.41. The van der Waals surface area contributed by atoms with Crippen LogP contribution in [0.25, 0.3) is 0 Å². The van der Waals surface area contributed by atoms with Gasteiger partial charge in [-0.05, 0) is 19.3 Å². The van der Waals surface area contributed by atoms with Crippen molar-refractivity contribution in [2.45, 2.75) is 46.1 Å². The van der Waals surface area contributed by atoms with E-state index in [0.717, 1.165) is 25.3 Å². The van der Waals surface area contributed by atoms with E-state index in [9.17, 15) is 14.4 Å². The molecule has 0 aromatic rings. The fraction of sp³-hybridized carbons (Fsp3) is 0.615. The van der Waals surface area contributed by atoms with Crippen LogP contribution in [0.2, 0.25) is 0 Å². The van der Waals surface area contributed by atoms with Gasteiger partial charge in [0.1, 0.15) is 0 Å². The molecule has 0 saturated carbocycles. The number of rotatable bonds is 7. The van der Waals surface area contributed by atoms with Crippen LogP contribution in [0.1, 0.15) is 40.0 Å². The van der Waals surface area contributed by atoms with Crippen LogP contribution >= 0.6 is 0 Å². The Labute approximate surface area is 113 Å². The number of urea groups is 1. The lowest BCUT2D eigenvalue weighted by Gasteiger charge is -2.14. The maximum absolute atomic E-state index is 11.4. The van der Waals surface area contributed by atoms with Gasteiger partial charge in [-0.1, -0.05) is 26.7 Å². The Kier molecular flexibility index (Phi) is 8.24. The smallest absolute Gasteiger partial charge is 0.328 e. The molecule has 0 fully saturated rings. The SMILES string of the molecule is CC(C)CCCC(C)NC(=O)NC(=O)/C=C/C(=O)O. The first-order valence-corrected chi connectivity index (χ1v) is 6.33. The predicted octanol–water partition coefficient (Wildman–Crippen LogP) is 1.67. The summed E-state index contributed by atoms with van der Waals surface area (Å²) in [6, 6.07) is -0.646. The number of carbonyl (C=O) groups is 3. The van der Waals surface area contributed by atoms with Gasteiger partial charge in [-0.15, -0.1) is 0 Å². The summed E-state index contributed by atoms with van der Waals surface area (Å²) in [6.07, 6.45) is 4.41. The molecule has 19 heavy (non-hydrogen) atoms. The van der Waals surface area contributed by atoms with Crippen LogP contribution < -0.4 is 10.6 Å². The van der Waals surface area contributed by atoms with Gasteiger partial charge < -0.3 is 10.4 Å². The van der Waals surface area contributed by atoms with Gasteiger partial charge in [0.15, 0.2) is 0 Å². The average molecular weight is 270 g/mol. The summed E-state index contributed by atoms with van der Waals surface area (Å²) in [4.78, 5) is 32.7. The summed E-state index contributed by atoms with van der Waals surface area (Å²) < 4.78 is 0. The molecule has 1 unspecified atom stereocenters. The van der Waals surface area contributed by atoms with E-state index in [2.05, 4.69) is 19.2 Å². The van der Waals surface area contributed by atoms with Crippen molar-refractivity contribution in [2.24, 2.45) is 5.92 Å². The minimum atomic E-state index is -1.24. The number of carboxylic acid groups (broad SMARTS) is 1. The van der Waals surface area contributed by atoms with Crippen LogP contribution in [0, 0.1) is 5.92 Å². The topological polar surface area (TPSA) is 95.5 Å². The molecule has 0 aliphatic rings. The molecule has 0 saturated heterocycles. The van der Waals surface area contributed by atoms with Crippen molar-refractivity contribution in [3.63, 3.8) is 0 Å². The number of carboxylic acids is 1. The molecule has 108 valence electrons. The third-order valence-electron chi connectivity index (χ3n) is 2.41. The largest absolute Gasteiger partial charge is 0.478 e. The molecule has 1 atom stereocenters. The molecule has 3 amide bonds. The second kappa shape index (κ2) is 9.13. The van der Waals surface area contributed by atoms with Gasteiger partial charge in [0.2, 0.25) is 0 Å². The summed E-state index contributed by atoms with van der Waals surface area (Å²) in [5.41, 5.74) is 0. The van der Waals surface area contributed by atoms with Gasteiger partial charge in [0.05, 0.1) is 0 Å². The Morgan fingerprint density at radius 2 is 1.74 bits per heavy atom. The molecule has 0 aromatic heterocycles. The maximum Gasteiger partial charge on any atom is 0.328 e. The van der Waals surface area contributed by atoms with Crippen molar-refractivity contribution < 1.29 is 19.5 Å². The highest BCUT2D eigenvalue weighted by molar-refractivity contribution is 6.02. The highest BCUT2D eigenvalue weighted by Gasteiger charge is 2.09. The summed E-state index contributed by atoms with van der Waals surface area (Å²) >= 11 is 0. The zero-order valence-corrected chi connectivity index (χ0v) is 11.6. The van der Waals surface area contributed by atoms with Crippen LogP contribution in [0.3, 0.4) is 0 Å². The third kappa shape index (κ3) is 11.0. The molecule has 0 aromatic carbocycles. The van der Waals surface area contributed by atoms with Crippen molar-refractivity contribution in [2.75, 3.05) is 0 Å². The predicted molar refractivity (Wildman–Crippen MR) is 71.6 cm³/mol. The zero-order chi connectivity index (χ0) is 14.8. The number of aliphatic carboxylic acids is 1. The van der Waals surface area contributed by atoms with Gasteiger partial charge in [-0.3, -0.25) is 10.1 Å². The number of carbonyl (C=O) groups excluding carboxylic acids is 2. The first-order valence-electron chi connectivity index (χ1n) is 6.33. The highest BCUT2D eigenvalue weighted by Crippen LogP contribution is 2.07. The molecule has 0 radical (unpaired) electrons. The summed E-state index contributed by atoms with van der Waals surface area (Å²) in [5, 5.41) is 13.0. The molecular formula is C13H22N2O4. The first kappa shape index (κ1) is 17.2. The molecule has 0 aliphatic carbocycles. The van der Waals surface area contributed by atoms with Gasteiger partial charge in [0.25, 0.3) is 5.91 Å². The lowest BCUT2D eigenvalue weighted by Crippen LogP contribution is -2.43. The number of imide groups is 1. The van der Waals surface area contributed by atoms with E-state index in [0.29, 0.717) is 12.0 Å². The van der Waals surface area contributed by atoms with Crippen molar-refractivity contribution in [1.29, 1.82) is 0 Å². The van der Waals surface area contributed by atoms with E-state index >= 15 is 0 Å². The Balaban J connectivity index is 3.90. The van der Waals surface area contributed by atoms with E-state index in [-0.39, 0.29) is 6.04 Å². The molecule has 3 N–H and O–H groups in total. The van der Waals surface area contributed by atoms with Crippen LogP contribution in [0.15, 0.2) is 12.2 Å². The fourth-order valence-electron chi connectivity index (χ4n) is 1.46. The van der Waals surface area contributed by atoms with E-state index in [1.165, 1.54) is 0 Å².